The Bertz CT molecular complexity index is 225. The largest absolute Gasteiger partial charge is 0.326 e. The second-order valence-electron chi connectivity index (χ2n) is 7.15. The second-order valence-corrected chi connectivity index (χ2v) is 7.15. The third-order valence-corrected chi connectivity index (χ3v) is 4.20. The van der Waals surface area contributed by atoms with Crippen LogP contribution in [0.3, 0.4) is 0 Å². The number of nitrogens with zero attached hydrogens (tertiary/aromatic N) is 1. The van der Waals surface area contributed by atoms with Crippen LogP contribution in [0.4, 0.5) is 0 Å². The molecule has 0 N–H and O–H groups in total. The van der Waals surface area contributed by atoms with Crippen molar-refractivity contribution in [1.82, 2.24) is 0 Å². The van der Waals surface area contributed by atoms with E-state index in [1.165, 1.54) is 30.3 Å². The van der Waals surface area contributed by atoms with E-state index in [4.69, 9.17) is 0 Å². The summed E-state index contributed by atoms with van der Waals surface area (Å²) >= 11 is 0. The van der Waals surface area contributed by atoms with Crippen LogP contribution in [0.2, 0.25) is 0 Å². The van der Waals surface area contributed by atoms with E-state index in [0.717, 1.165) is 6.04 Å². The zero-order valence-corrected chi connectivity index (χ0v) is 9.85. The molecule has 2 atom stereocenters. The average molecular weight is 182 g/mol. The molecule has 0 aromatic heterocycles. The number of hydrogen-bond donors (Lipinski definition) is 0. The van der Waals surface area contributed by atoms with Crippen molar-refractivity contribution in [3.8, 4) is 0 Å². The molecule has 2 rings (SSSR count). The van der Waals surface area contributed by atoms with Gasteiger partial charge in [0.05, 0.1) is 26.7 Å². The Labute approximate surface area is 82.7 Å². The Morgan fingerprint density at radius 3 is 2.23 bits per heavy atom. The molecule has 0 amide bonds. The highest BCUT2D eigenvalue weighted by Gasteiger charge is 2.55. The van der Waals surface area contributed by atoms with E-state index >= 15 is 0 Å². The summed E-state index contributed by atoms with van der Waals surface area (Å²) in [6.45, 7) is 8.78. The Morgan fingerprint density at radius 1 is 1.08 bits per heavy atom. The van der Waals surface area contributed by atoms with Gasteiger partial charge in [0.1, 0.15) is 0 Å². The molecule has 2 bridgehead atoms. The van der Waals surface area contributed by atoms with Gasteiger partial charge in [-0.25, -0.2) is 0 Å². The summed E-state index contributed by atoms with van der Waals surface area (Å²) in [5, 5.41) is 0. The molecule has 0 spiro atoms. The van der Waals surface area contributed by atoms with Crippen LogP contribution in [-0.4, -0.2) is 31.2 Å². The van der Waals surface area contributed by atoms with Crippen molar-refractivity contribution in [1.29, 1.82) is 0 Å². The maximum absolute atomic E-state index is 2.49. The van der Waals surface area contributed by atoms with Gasteiger partial charge in [-0.2, -0.15) is 0 Å². The molecule has 1 heterocycles. The Morgan fingerprint density at radius 2 is 1.69 bits per heavy atom. The fraction of sp³-hybridized carbons (Fsp3) is 1.00. The summed E-state index contributed by atoms with van der Waals surface area (Å²) in [6.07, 6.45) is 4.32. The lowest BCUT2D eigenvalue weighted by molar-refractivity contribution is -0.904. The molecular weight excluding hydrogens is 158 g/mol. The molecule has 2 fully saturated rings. The normalized spacial score (nSPS) is 46.4. The van der Waals surface area contributed by atoms with E-state index < -0.39 is 0 Å². The van der Waals surface area contributed by atoms with Crippen LogP contribution in [0, 0.1) is 10.8 Å². The highest BCUT2D eigenvalue weighted by Crippen LogP contribution is 2.54. The van der Waals surface area contributed by atoms with Crippen LogP contribution >= 0.6 is 0 Å². The maximum Gasteiger partial charge on any atom is 0.0899 e. The lowest BCUT2D eigenvalue weighted by atomic mass is 9.65. The highest BCUT2D eigenvalue weighted by atomic mass is 15.4. The average Bonchev–Trinajstić information content (AvgIpc) is 1.93. The first-order valence-corrected chi connectivity index (χ1v) is 5.55. The van der Waals surface area contributed by atoms with Crippen LogP contribution in [0.15, 0.2) is 0 Å². The van der Waals surface area contributed by atoms with E-state index in [9.17, 15) is 0 Å². The minimum Gasteiger partial charge on any atom is -0.326 e. The van der Waals surface area contributed by atoms with Crippen molar-refractivity contribution < 1.29 is 4.48 Å². The van der Waals surface area contributed by atoms with Gasteiger partial charge < -0.3 is 4.48 Å². The van der Waals surface area contributed by atoms with E-state index in [2.05, 4.69) is 34.9 Å². The molecule has 0 aromatic carbocycles. The van der Waals surface area contributed by atoms with Gasteiger partial charge in [0.15, 0.2) is 0 Å². The first kappa shape index (κ1) is 9.51. The molecule has 0 aromatic rings. The molecule has 0 radical (unpaired) electrons. The molecular formula is C12H24N+. The predicted octanol–water partition coefficient (Wildman–Crippen LogP) is 2.66. The quantitative estimate of drug-likeness (QED) is 0.505. The van der Waals surface area contributed by atoms with Crippen molar-refractivity contribution in [3.05, 3.63) is 0 Å². The molecule has 1 nitrogen and oxygen atoms in total. The monoisotopic (exact) mass is 182 g/mol. The maximum atomic E-state index is 2.49. The van der Waals surface area contributed by atoms with Crippen LogP contribution in [-0.2, 0) is 0 Å². The van der Waals surface area contributed by atoms with Gasteiger partial charge in [0.25, 0.3) is 0 Å². The van der Waals surface area contributed by atoms with Gasteiger partial charge in [-0.1, -0.05) is 20.8 Å². The molecule has 1 aliphatic carbocycles. The molecule has 1 saturated carbocycles. The Kier molecular flexibility index (Phi) is 1.69. The third-order valence-electron chi connectivity index (χ3n) is 4.20. The Balaban J connectivity index is 2.29. The van der Waals surface area contributed by atoms with Crippen LogP contribution in [0.25, 0.3) is 0 Å². The van der Waals surface area contributed by atoms with E-state index in [0.29, 0.717) is 10.8 Å². The van der Waals surface area contributed by atoms with Crippen molar-refractivity contribution in [3.63, 3.8) is 0 Å². The molecule has 1 saturated heterocycles. The second kappa shape index (κ2) is 2.31. The van der Waals surface area contributed by atoms with E-state index in [1.807, 2.05) is 0 Å². The zero-order chi connectivity index (χ0) is 9.91. The number of fused-ring (bicyclic) bond motifs is 2. The molecule has 76 valence electrons. The topological polar surface area (TPSA) is 0 Å². The summed E-state index contributed by atoms with van der Waals surface area (Å²) in [7, 11) is 4.83. The van der Waals surface area contributed by atoms with Crippen molar-refractivity contribution >= 4 is 0 Å². The number of likely N-dealkylation sites (tertiary alicyclic amines) is 1. The van der Waals surface area contributed by atoms with Crippen LogP contribution in [0.1, 0.15) is 40.0 Å². The standard InChI is InChI=1S/C12H24N/c1-11(2)6-10-7-12(3,8-11)9-13(10,4)5/h10H,6-9H2,1-5H3/q+1. The van der Waals surface area contributed by atoms with Gasteiger partial charge in [0.2, 0.25) is 0 Å². The molecule has 2 unspecified atom stereocenters. The number of rotatable bonds is 0. The van der Waals surface area contributed by atoms with Gasteiger partial charge in [-0.3, -0.25) is 0 Å². The lowest BCUT2D eigenvalue weighted by Gasteiger charge is -2.38. The van der Waals surface area contributed by atoms with Gasteiger partial charge in [-0.05, 0) is 11.8 Å². The van der Waals surface area contributed by atoms with Gasteiger partial charge in [-0.15, -0.1) is 0 Å². The zero-order valence-electron chi connectivity index (χ0n) is 9.85. The summed E-state index contributed by atoms with van der Waals surface area (Å²) in [5.41, 5.74) is 1.22. The summed E-state index contributed by atoms with van der Waals surface area (Å²) < 4.78 is 1.26. The van der Waals surface area contributed by atoms with E-state index in [-0.39, 0.29) is 0 Å². The van der Waals surface area contributed by atoms with Crippen molar-refractivity contribution in [2.45, 2.75) is 46.1 Å². The van der Waals surface area contributed by atoms with Crippen LogP contribution in [0.5, 0.6) is 0 Å². The van der Waals surface area contributed by atoms with Crippen molar-refractivity contribution in [2.75, 3.05) is 20.6 Å². The van der Waals surface area contributed by atoms with Crippen molar-refractivity contribution in [2.24, 2.45) is 10.8 Å². The van der Waals surface area contributed by atoms with Crippen LogP contribution < -0.4 is 0 Å². The first-order chi connectivity index (χ1) is 5.73. The molecule has 1 heteroatoms. The highest BCUT2D eigenvalue weighted by molar-refractivity contribution is 4.96. The smallest absolute Gasteiger partial charge is 0.0899 e. The van der Waals surface area contributed by atoms with E-state index in [1.54, 1.807) is 0 Å². The van der Waals surface area contributed by atoms with Gasteiger partial charge in [0, 0.05) is 18.3 Å². The fourth-order valence-corrected chi connectivity index (χ4v) is 4.31. The predicted molar refractivity (Wildman–Crippen MR) is 56.5 cm³/mol. The summed E-state index contributed by atoms with van der Waals surface area (Å²) in [5.74, 6) is 0. The summed E-state index contributed by atoms with van der Waals surface area (Å²) in [6, 6.07) is 0.925. The first-order valence-electron chi connectivity index (χ1n) is 5.55. The third kappa shape index (κ3) is 1.52. The Hall–Kier alpha value is -0.0400. The SMILES string of the molecule is CC1(C)CC2CC(C)(C1)C[N+]2(C)C. The number of hydrogen-bond acceptors (Lipinski definition) is 0. The lowest BCUT2D eigenvalue weighted by Crippen LogP contribution is -2.44. The summed E-state index contributed by atoms with van der Waals surface area (Å²) in [4.78, 5) is 0. The van der Waals surface area contributed by atoms with Gasteiger partial charge >= 0.3 is 0 Å². The molecule has 2 aliphatic rings. The minimum absolute atomic E-state index is 0.587. The number of quaternary nitrogens is 1. The fourth-order valence-electron chi connectivity index (χ4n) is 4.31. The molecule has 1 aliphatic heterocycles. The minimum atomic E-state index is 0.587. The molecule has 13 heavy (non-hydrogen) atoms.